The number of aliphatic hydroxyl groups is 1. The van der Waals surface area contributed by atoms with Crippen LogP contribution < -0.4 is 15.4 Å². The van der Waals surface area contributed by atoms with Crippen LogP contribution in [0.15, 0.2) is 79.0 Å². The number of carbonyl (C=O) groups excluding carboxylic acids is 3. The van der Waals surface area contributed by atoms with Crippen LogP contribution in [-0.4, -0.2) is 92.0 Å². The Morgan fingerprint density at radius 2 is 1.78 bits per heavy atom. The molecule has 0 radical (unpaired) electrons. The Kier molecular flexibility index (Phi) is 12.6. The molecule has 0 aliphatic carbocycles. The van der Waals surface area contributed by atoms with Gasteiger partial charge in [-0.2, -0.15) is 0 Å². The second-order valence-corrected chi connectivity index (χ2v) is 17.0. The molecule has 0 spiro atoms. The Hall–Kier alpha value is -6.89. The van der Waals surface area contributed by atoms with E-state index < -0.39 is 36.5 Å². The van der Waals surface area contributed by atoms with Gasteiger partial charge in [0.2, 0.25) is 0 Å². The van der Waals surface area contributed by atoms with Gasteiger partial charge < -0.3 is 44.8 Å². The van der Waals surface area contributed by atoms with Gasteiger partial charge in [0.15, 0.2) is 0 Å². The van der Waals surface area contributed by atoms with Crippen LogP contribution in [0.3, 0.4) is 0 Å². The number of nitrogens with zero attached hydrogens (tertiary/aromatic N) is 4. The number of benzene rings is 4. The van der Waals surface area contributed by atoms with Gasteiger partial charge in [-0.1, -0.05) is 82.1 Å². The van der Waals surface area contributed by atoms with Crippen molar-refractivity contribution in [2.45, 2.75) is 84.1 Å². The highest BCUT2D eigenvalue weighted by molar-refractivity contribution is 6.07. The molecule has 4 heterocycles. The van der Waals surface area contributed by atoms with Crippen LogP contribution in [0.4, 0.5) is 9.59 Å². The molecule has 6 atom stereocenters. The smallest absolute Gasteiger partial charge is 0.407 e. The zero-order chi connectivity index (χ0) is 45.2. The number of nitrogens with one attached hydrogen (secondary N) is 4. The van der Waals surface area contributed by atoms with Crippen LogP contribution in [-0.2, 0) is 27.4 Å². The number of aromatic amines is 2. The van der Waals surface area contributed by atoms with Crippen LogP contribution in [0.5, 0.6) is 5.75 Å². The van der Waals surface area contributed by atoms with Crippen molar-refractivity contribution in [3.8, 4) is 40.5 Å². The number of methoxy groups -OCH3 is 2. The summed E-state index contributed by atoms with van der Waals surface area (Å²) in [5, 5.41) is 19.0. The third-order valence-corrected chi connectivity index (χ3v) is 12.4. The number of hydrogen-bond donors (Lipinski definition) is 5. The van der Waals surface area contributed by atoms with Crippen molar-refractivity contribution in [2.75, 3.05) is 20.8 Å². The van der Waals surface area contributed by atoms with E-state index in [1.165, 1.54) is 14.2 Å². The highest BCUT2D eigenvalue weighted by Gasteiger charge is 2.40. The summed E-state index contributed by atoms with van der Waals surface area (Å²) in [6.07, 6.45) is 6.56. The number of carbonyl (C=O) groups is 3. The number of amides is 3. The molecule has 332 valence electrons. The largest absolute Gasteiger partial charge is 0.488 e. The zero-order valence-electron chi connectivity index (χ0n) is 36.8. The summed E-state index contributed by atoms with van der Waals surface area (Å²) in [5.74, 6) is 4.69. The fourth-order valence-corrected chi connectivity index (χ4v) is 9.04. The van der Waals surface area contributed by atoms with Gasteiger partial charge in [0.25, 0.3) is 5.91 Å². The van der Waals surface area contributed by atoms with Crippen molar-refractivity contribution >= 4 is 39.9 Å². The van der Waals surface area contributed by atoms with E-state index in [2.05, 4.69) is 68.8 Å². The maximum absolute atomic E-state index is 14.3. The fourth-order valence-electron chi connectivity index (χ4n) is 9.04. The predicted molar refractivity (Wildman–Crippen MR) is 243 cm³/mol. The van der Waals surface area contributed by atoms with Crippen LogP contribution >= 0.6 is 0 Å². The number of H-pyrrole nitrogens is 2. The molecule has 2 aliphatic rings. The molecule has 0 saturated carbocycles. The maximum Gasteiger partial charge on any atom is 0.407 e. The Labute approximate surface area is 371 Å². The standard InChI is InChI=1S/C49H54N8O7/c1-8-33(9-2)56(46(58)42(27(3)4)54-48(60)62-6)25-41-50-23-38(51-41)31-15-17-34-32(20-31)26-64-40-22-35-30(21-36(34)40)16-18-37-44(35)53-45(52-37)39-19-28(5)24-57(39)47(59)43(55-49(61)63-7)29-13-11-10-12-14-29/h1,10-18,20-23,27-28,33,39,42-43,46,58H,9,19,24-26H2,2-7H3,(H,50,51)(H,52,53)(H,54,60)(H,55,61). The Bertz CT molecular complexity index is 2720. The number of imidazole rings is 2. The fraction of sp³-hybridized carbons (Fsp3) is 0.367. The lowest BCUT2D eigenvalue weighted by atomic mass is 9.92. The zero-order valence-corrected chi connectivity index (χ0v) is 36.8. The molecule has 5 N–H and O–H groups in total. The molecule has 8 rings (SSSR count). The van der Waals surface area contributed by atoms with Crippen molar-refractivity contribution in [3.05, 3.63) is 102 Å². The van der Waals surface area contributed by atoms with Gasteiger partial charge in [-0.05, 0) is 76.6 Å². The highest BCUT2D eigenvalue weighted by atomic mass is 16.5. The summed E-state index contributed by atoms with van der Waals surface area (Å²) < 4.78 is 16.1. The van der Waals surface area contributed by atoms with Crippen molar-refractivity contribution in [1.29, 1.82) is 0 Å². The second kappa shape index (κ2) is 18.4. The summed E-state index contributed by atoms with van der Waals surface area (Å²) in [4.78, 5) is 59.1. The average molecular weight is 867 g/mol. The Morgan fingerprint density at radius 3 is 2.50 bits per heavy atom. The lowest BCUT2D eigenvalue weighted by Gasteiger charge is -2.37. The van der Waals surface area contributed by atoms with E-state index in [0.717, 1.165) is 55.5 Å². The number of terminal acetylenes is 1. The molecule has 15 nitrogen and oxygen atoms in total. The molecule has 15 heteroatoms. The first-order chi connectivity index (χ1) is 30.9. The van der Waals surface area contributed by atoms with E-state index in [9.17, 15) is 19.5 Å². The number of alkyl carbamates (subject to hydrolysis) is 2. The topological polar surface area (TPSA) is 187 Å². The van der Waals surface area contributed by atoms with E-state index in [1.54, 1.807) is 11.1 Å². The van der Waals surface area contributed by atoms with Gasteiger partial charge in [-0.25, -0.2) is 19.6 Å². The van der Waals surface area contributed by atoms with E-state index >= 15 is 0 Å². The number of fused-ring (bicyclic) bond motifs is 6. The van der Waals surface area contributed by atoms with Gasteiger partial charge in [0, 0.05) is 17.5 Å². The summed E-state index contributed by atoms with van der Waals surface area (Å²) in [6, 6.07) is 21.4. The van der Waals surface area contributed by atoms with E-state index in [0.29, 0.717) is 43.2 Å². The van der Waals surface area contributed by atoms with Gasteiger partial charge in [0.05, 0.1) is 61.8 Å². The molecular weight excluding hydrogens is 813 g/mol. The number of likely N-dealkylation sites (tertiary alicyclic amines) is 1. The maximum atomic E-state index is 14.3. The molecule has 0 bridgehead atoms. The quantitative estimate of drug-likeness (QED) is 0.0572. The van der Waals surface area contributed by atoms with Crippen LogP contribution in [0, 0.1) is 24.2 Å². The molecular formula is C49H54N8O7. The molecule has 3 amide bonds. The lowest BCUT2D eigenvalue weighted by Crippen LogP contribution is -2.56. The summed E-state index contributed by atoms with van der Waals surface area (Å²) in [5.41, 5.74) is 7.06. The third kappa shape index (κ3) is 8.58. The Morgan fingerprint density at radius 1 is 1.02 bits per heavy atom. The number of aliphatic hydroxyl groups excluding tert-OH is 1. The minimum absolute atomic E-state index is 0.117. The molecule has 6 aromatic rings. The lowest BCUT2D eigenvalue weighted by molar-refractivity contribution is -0.134. The van der Waals surface area contributed by atoms with Gasteiger partial charge in [-0.3, -0.25) is 9.69 Å². The van der Waals surface area contributed by atoms with E-state index in [4.69, 9.17) is 25.6 Å². The number of aromatic nitrogens is 4. The van der Waals surface area contributed by atoms with Crippen LogP contribution in [0.25, 0.3) is 44.2 Å². The highest BCUT2D eigenvalue weighted by Crippen LogP contribution is 2.43. The SMILES string of the molecule is C#CC(CC)N(Cc1ncc(-c2ccc3c(c2)COc2cc4c(ccc5[nH]c(C6CC(C)CN6C(=O)C(NC(=O)OC)c6ccccc6)nc54)cc2-3)[nH]1)C(O)C(NC(=O)OC)C(C)C. The molecule has 1 saturated heterocycles. The van der Waals surface area contributed by atoms with Gasteiger partial charge in [-0.15, -0.1) is 6.42 Å². The van der Waals surface area contributed by atoms with Crippen LogP contribution in [0.1, 0.15) is 75.4 Å². The Balaban J connectivity index is 1.04. The summed E-state index contributed by atoms with van der Waals surface area (Å²) in [7, 11) is 2.57. The van der Waals surface area contributed by atoms with E-state index in [1.807, 2.05) is 68.1 Å². The molecule has 2 aliphatic heterocycles. The second-order valence-electron chi connectivity index (χ2n) is 17.0. The normalized spacial score (nSPS) is 17.5. The molecule has 1 fully saturated rings. The van der Waals surface area contributed by atoms with Crippen LogP contribution in [0.2, 0.25) is 0 Å². The van der Waals surface area contributed by atoms with Crippen molar-refractivity contribution in [1.82, 2.24) is 40.4 Å². The molecule has 6 unspecified atom stereocenters. The minimum Gasteiger partial charge on any atom is -0.488 e. The first-order valence-electron chi connectivity index (χ1n) is 21.6. The average Bonchev–Trinajstić information content (AvgIpc) is 4.07. The molecule has 64 heavy (non-hydrogen) atoms. The monoisotopic (exact) mass is 866 g/mol. The molecule has 2 aromatic heterocycles. The van der Waals surface area contributed by atoms with Gasteiger partial charge in [0.1, 0.15) is 36.3 Å². The van der Waals surface area contributed by atoms with Gasteiger partial charge >= 0.3 is 12.2 Å². The molecule has 4 aromatic carbocycles. The summed E-state index contributed by atoms with van der Waals surface area (Å²) in [6.45, 7) is 8.97. The first-order valence-corrected chi connectivity index (χ1v) is 21.6. The van der Waals surface area contributed by atoms with Crippen molar-refractivity contribution < 1.29 is 33.7 Å². The predicted octanol–water partition coefficient (Wildman–Crippen LogP) is 7.59. The first kappa shape index (κ1) is 43.7. The van der Waals surface area contributed by atoms with Crippen molar-refractivity contribution in [3.63, 3.8) is 0 Å². The number of hydrogen-bond acceptors (Lipinski definition) is 10. The van der Waals surface area contributed by atoms with E-state index in [-0.39, 0.29) is 30.3 Å². The third-order valence-electron chi connectivity index (χ3n) is 12.4. The summed E-state index contributed by atoms with van der Waals surface area (Å²) >= 11 is 0. The minimum atomic E-state index is -1.11. The number of rotatable bonds is 13. The number of ether oxygens (including phenoxy) is 3. The van der Waals surface area contributed by atoms with Crippen molar-refractivity contribution in [2.24, 2.45) is 11.8 Å².